The van der Waals surface area contributed by atoms with Gasteiger partial charge in [-0.05, 0) is 44.7 Å². The first kappa shape index (κ1) is 34.6. The molecule has 16 heteroatoms. The Hall–Kier alpha value is -2.72. The van der Waals surface area contributed by atoms with Gasteiger partial charge < -0.3 is 15.2 Å². The zero-order valence-electron chi connectivity index (χ0n) is 26.0. The molecule has 1 aromatic heterocycles. The average Bonchev–Trinajstić information content (AvgIpc) is 3.52. The molecule has 5 rings (SSSR count). The highest BCUT2D eigenvalue weighted by molar-refractivity contribution is 7.89. The summed E-state index contributed by atoms with van der Waals surface area (Å²) in [6, 6.07) is 1.66. The van der Waals surface area contributed by atoms with Crippen LogP contribution in [0.2, 0.25) is 30.7 Å². The maximum atomic E-state index is 14.5. The summed E-state index contributed by atoms with van der Waals surface area (Å²) in [5, 5.41) is 14.4. The molecule has 2 N–H and O–H groups in total. The Bertz CT molecular complexity index is 1680. The maximum absolute atomic E-state index is 14.5. The number of carboxylic acids is 1. The molecular weight excluding hydrogens is 678 g/mol. The lowest BCUT2D eigenvalue weighted by Gasteiger charge is -2.45. The van der Waals surface area contributed by atoms with Crippen LogP contribution in [0.4, 0.5) is 8.78 Å². The number of hydrogen-bond donors (Lipinski definition) is 2. The highest BCUT2D eigenvalue weighted by Gasteiger charge is 2.54. The molecule has 3 aliphatic rings. The molecule has 2 fully saturated rings. The molecule has 1 aromatic carbocycles. The quantitative estimate of drug-likeness (QED) is 0.185. The molecule has 1 aliphatic carbocycles. The number of aliphatic imine (C=N–C) groups is 1. The van der Waals surface area contributed by atoms with Crippen LogP contribution in [0.25, 0.3) is 0 Å². The number of carboxylic acid groups (broad SMARTS) is 1. The van der Waals surface area contributed by atoms with Crippen molar-refractivity contribution in [1.82, 2.24) is 14.6 Å². The summed E-state index contributed by atoms with van der Waals surface area (Å²) in [4.78, 5) is 34.2. The smallest absolute Gasteiger partial charge is 0.335 e. The lowest BCUT2D eigenvalue weighted by atomic mass is 9.70. The van der Waals surface area contributed by atoms with E-state index in [1.807, 2.05) is 0 Å². The molecule has 0 amide bonds. The number of nitrogens with zero attached hydrogens (tertiary/aromatic N) is 3. The number of esters is 1. The third kappa shape index (κ3) is 6.93. The van der Waals surface area contributed by atoms with Crippen molar-refractivity contribution in [2.45, 2.75) is 69.6 Å². The van der Waals surface area contributed by atoms with Crippen molar-refractivity contribution >= 4 is 58.8 Å². The fourth-order valence-corrected chi connectivity index (χ4v) is 9.96. The van der Waals surface area contributed by atoms with Crippen LogP contribution >= 0.6 is 22.9 Å². The van der Waals surface area contributed by atoms with Gasteiger partial charge in [-0.25, -0.2) is 31.3 Å². The molecule has 10 nitrogen and oxygen atoms in total. The molecule has 1 unspecified atom stereocenters. The fraction of sp³-hybridized carbons (Fsp3) is 0.533. The number of rotatable bonds is 10. The zero-order chi connectivity index (χ0) is 33.6. The number of hydrogen-bond acceptors (Lipinski definition) is 9. The Labute approximate surface area is 277 Å². The van der Waals surface area contributed by atoms with E-state index in [0.717, 1.165) is 12.1 Å². The Kier molecular flexibility index (Phi) is 9.82. The summed E-state index contributed by atoms with van der Waals surface area (Å²) < 4.78 is 62.5. The molecule has 2 aromatic rings. The molecule has 250 valence electrons. The topological polar surface area (TPSA) is 138 Å². The Balaban J connectivity index is 1.33. The first-order chi connectivity index (χ1) is 21.5. The summed E-state index contributed by atoms with van der Waals surface area (Å²) in [6.07, 6.45) is 2.51. The van der Waals surface area contributed by atoms with Gasteiger partial charge in [0.1, 0.15) is 6.04 Å². The number of benzene rings is 1. The number of allylic oxidation sites excluding steroid dienone is 1. The minimum Gasteiger partial charge on any atom is -0.478 e. The monoisotopic (exact) mass is 714 g/mol. The van der Waals surface area contributed by atoms with Crippen molar-refractivity contribution in [2.75, 3.05) is 19.7 Å². The number of carbonyl (C=O) groups excluding carboxylic acids is 1. The number of piperidine rings is 1. The van der Waals surface area contributed by atoms with Gasteiger partial charge in [0.25, 0.3) is 0 Å². The van der Waals surface area contributed by atoms with E-state index in [0.29, 0.717) is 30.2 Å². The first-order valence-electron chi connectivity index (χ1n) is 15.0. The van der Waals surface area contributed by atoms with E-state index in [1.165, 1.54) is 21.7 Å². The standard InChI is InChI=1S/C30H37ClF2N4O6S2Si/c1-30(29(40)43-12-14-46(2,3)4)15-18(16-30)45(41,42)37-10-7-17(8-11-37)24-21(28(38)39)25(19-5-6-20(32)23(33)22(19)31)36-26(35-24)27-34-9-13-44-27/h5-6,9,13,17-18,25H,7-8,10-12,14-16H2,1-4H3,(H,35,36)(H,38,39). The molecule has 2 aliphatic heterocycles. The Morgan fingerprint density at radius 2 is 1.89 bits per heavy atom. The van der Waals surface area contributed by atoms with Gasteiger partial charge in [0, 0.05) is 49.9 Å². The van der Waals surface area contributed by atoms with Crippen molar-refractivity contribution in [3.63, 3.8) is 0 Å². The molecule has 0 bridgehead atoms. The van der Waals surface area contributed by atoms with Gasteiger partial charge in [-0.15, -0.1) is 11.3 Å². The number of ether oxygens (including phenoxy) is 1. The molecule has 1 saturated carbocycles. The molecule has 0 spiro atoms. The van der Waals surface area contributed by atoms with Crippen molar-refractivity contribution in [3.05, 3.63) is 62.2 Å². The third-order valence-electron chi connectivity index (χ3n) is 8.88. The van der Waals surface area contributed by atoms with E-state index in [2.05, 4.69) is 34.9 Å². The van der Waals surface area contributed by atoms with Gasteiger partial charge in [-0.2, -0.15) is 0 Å². The van der Waals surface area contributed by atoms with E-state index in [1.54, 1.807) is 18.5 Å². The highest BCUT2D eigenvalue weighted by atomic mass is 35.5. The van der Waals surface area contributed by atoms with E-state index < -0.39 is 63.3 Å². The molecule has 46 heavy (non-hydrogen) atoms. The van der Waals surface area contributed by atoms with Crippen molar-refractivity contribution < 1.29 is 36.6 Å². The van der Waals surface area contributed by atoms with Gasteiger partial charge in [-0.1, -0.05) is 37.3 Å². The van der Waals surface area contributed by atoms with E-state index in [-0.39, 0.29) is 48.9 Å². The first-order valence-corrected chi connectivity index (χ1v) is 21.5. The second kappa shape index (κ2) is 13.1. The number of thiazole rings is 1. The largest absolute Gasteiger partial charge is 0.478 e. The summed E-state index contributed by atoms with van der Waals surface area (Å²) in [5.74, 6) is -4.33. The van der Waals surface area contributed by atoms with Crippen molar-refractivity contribution in [1.29, 1.82) is 0 Å². The van der Waals surface area contributed by atoms with Crippen LogP contribution in [0.5, 0.6) is 0 Å². The Morgan fingerprint density at radius 1 is 1.22 bits per heavy atom. The van der Waals surface area contributed by atoms with Crippen LogP contribution in [0.1, 0.15) is 49.2 Å². The van der Waals surface area contributed by atoms with Gasteiger partial charge in [0.2, 0.25) is 10.0 Å². The van der Waals surface area contributed by atoms with E-state index in [9.17, 15) is 31.9 Å². The summed E-state index contributed by atoms with van der Waals surface area (Å²) >= 11 is 7.43. The molecule has 1 atom stereocenters. The second-order valence-electron chi connectivity index (χ2n) is 13.5. The van der Waals surface area contributed by atoms with Gasteiger partial charge in [0.15, 0.2) is 22.5 Å². The SMILES string of the molecule is CC1(C(=O)OCC[Si](C)(C)C)CC(S(=O)(=O)N2CCC(C3=C(C(=O)O)C(c4ccc(F)c(F)c4Cl)N=C(c4nccs4)N3)CC2)C1. The predicted octanol–water partition coefficient (Wildman–Crippen LogP) is 5.60. The average molecular weight is 715 g/mol. The highest BCUT2D eigenvalue weighted by Crippen LogP contribution is 2.47. The molecule has 1 saturated heterocycles. The van der Waals surface area contributed by atoms with Crippen LogP contribution in [-0.2, 0) is 24.3 Å². The summed E-state index contributed by atoms with van der Waals surface area (Å²) in [6.45, 7) is 8.93. The predicted molar refractivity (Wildman–Crippen MR) is 174 cm³/mol. The van der Waals surface area contributed by atoms with Crippen molar-refractivity contribution in [3.8, 4) is 0 Å². The minimum absolute atomic E-state index is 0.0157. The fourth-order valence-electron chi connectivity index (χ4n) is 6.10. The lowest BCUT2D eigenvalue weighted by Crippen LogP contribution is -2.54. The third-order valence-corrected chi connectivity index (χ3v) is 14.0. The number of aliphatic carboxylic acids is 1. The van der Waals surface area contributed by atoms with Crippen LogP contribution < -0.4 is 5.32 Å². The molecule has 0 radical (unpaired) electrons. The molecular formula is C30H37ClF2N4O6S2Si. The number of amidine groups is 1. The number of halogens is 3. The van der Waals surface area contributed by atoms with Gasteiger partial charge in [0.05, 0.1) is 27.9 Å². The van der Waals surface area contributed by atoms with Crippen LogP contribution in [0.3, 0.4) is 0 Å². The van der Waals surface area contributed by atoms with Crippen molar-refractivity contribution in [2.24, 2.45) is 16.3 Å². The normalized spacial score (nSPS) is 24.6. The van der Waals surface area contributed by atoms with Crippen LogP contribution in [-0.4, -0.2) is 73.6 Å². The van der Waals surface area contributed by atoms with Crippen LogP contribution in [0.15, 0.2) is 40.0 Å². The number of aromatic nitrogens is 1. The number of carbonyl (C=O) groups is 2. The van der Waals surface area contributed by atoms with Crippen LogP contribution in [0, 0.1) is 23.0 Å². The van der Waals surface area contributed by atoms with Gasteiger partial charge >= 0.3 is 11.9 Å². The summed E-state index contributed by atoms with van der Waals surface area (Å²) in [7, 11) is -5.10. The summed E-state index contributed by atoms with van der Waals surface area (Å²) in [5.41, 5.74) is -0.743. The number of sulfonamides is 1. The molecule has 3 heterocycles. The van der Waals surface area contributed by atoms with E-state index >= 15 is 0 Å². The minimum atomic E-state index is -3.72. The second-order valence-corrected chi connectivity index (χ2v) is 22.6. The lowest BCUT2D eigenvalue weighted by molar-refractivity contribution is -0.159. The Morgan fingerprint density at radius 3 is 2.48 bits per heavy atom. The van der Waals surface area contributed by atoms with Gasteiger partial charge in [-0.3, -0.25) is 9.79 Å². The zero-order valence-corrected chi connectivity index (χ0v) is 29.4. The maximum Gasteiger partial charge on any atom is 0.335 e. The number of nitrogens with one attached hydrogen (secondary N) is 1. The van der Waals surface area contributed by atoms with E-state index in [4.69, 9.17) is 16.3 Å².